The van der Waals surface area contributed by atoms with Gasteiger partial charge in [0, 0.05) is 0 Å². The summed E-state index contributed by atoms with van der Waals surface area (Å²) in [6.07, 6.45) is 6.11. The summed E-state index contributed by atoms with van der Waals surface area (Å²) >= 11 is 0. The fourth-order valence-corrected chi connectivity index (χ4v) is 0.636. The molecule has 8 heavy (non-hydrogen) atoms. The van der Waals surface area contributed by atoms with Crippen molar-refractivity contribution in [2.75, 3.05) is 0 Å². The summed E-state index contributed by atoms with van der Waals surface area (Å²) in [4.78, 5) is 0. The van der Waals surface area contributed by atoms with Crippen LogP contribution in [0, 0.1) is 0 Å². The van der Waals surface area contributed by atoms with Crippen LogP contribution in [0.15, 0.2) is 24.0 Å². The van der Waals surface area contributed by atoms with Gasteiger partial charge in [0.1, 0.15) is 5.76 Å². The molecule has 0 fully saturated rings. The Morgan fingerprint density at radius 1 is 1.75 bits per heavy atom. The first-order valence-corrected chi connectivity index (χ1v) is 2.62. The first kappa shape index (κ1) is 5.38. The molecule has 0 aromatic rings. The van der Waals surface area contributed by atoms with Crippen molar-refractivity contribution in [2.24, 2.45) is 5.73 Å². The number of hydrogen-bond acceptors (Lipinski definition) is 2. The van der Waals surface area contributed by atoms with Crippen LogP contribution >= 0.6 is 0 Å². The highest BCUT2D eigenvalue weighted by molar-refractivity contribution is 5.17. The Balaban J connectivity index is 2.66. The lowest BCUT2D eigenvalue weighted by Crippen LogP contribution is -2.22. The van der Waals surface area contributed by atoms with E-state index >= 15 is 0 Å². The highest BCUT2D eigenvalue weighted by Gasteiger charge is 2.06. The second kappa shape index (κ2) is 2.01. The van der Waals surface area contributed by atoms with Crippen LogP contribution in [-0.2, 0) is 0 Å². The van der Waals surface area contributed by atoms with Crippen LogP contribution in [0.5, 0.6) is 0 Å². The van der Waals surface area contributed by atoms with Gasteiger partial charge in [-0.15, -0.1) is 0 Å². The normalized spacial score (nSPS) is 27.6. The summed E-state index contributed by atoms with van der Waals surface area (Å²) in [5.41, 5.74) is 5.41. The quantitative estimate of drug-likeness (QED) is 0.483. The van der Waals surface area contributed by atoms with E-state index in [4.69, 9.17) is 10.8 Å². The Kier molecular flexibility index (Phi) is 1.35. The van der Waals surface area contributed by atoms with Crippen molar-refractivity contribution in [3.05, 3.63) is 24.0 Å². The van der Waals surface area contributed by atoms with Crippen molar-refractivity contribution >= 4 is 0 Å². The molecule has 1 rings (SSSR count). The molecule has 2 nitrogen and oxygen atoms in total. The van der Waals surface area contributed by atoms with Crippen LogP contribution in [0.1, 0.15) is 6.42 Å². The Bertz CT molecular complexity index is 137. The van der Waals surface area contributed by atoms with Crippen LogP contribution in [0.3, 0.4) is 0 Å². The lowest BCUT2D eigenvalue weighted by Gasteiger charge is -2.09. The maximum Gasteiger partial charge on any atom is 0.109 e. The largest absolute Gasteiger partial charge is 0.511 e. The van der Waals surface area contributed by atoms with Crippen molar-refractivity contribution in [2.45, 2.75) is 12.5 Å². The summed E-state index contributed by atoms with van der Waals surface area (Å²) in [5, 5.41) is 8.86. The monoisotopic (exact) mass is 111 g/mol. The first-order chi connectivity index (χ1) is 3.80. The minimum Gasteiger partial charge on any atom is -0.511 e. The van der Waals surface area contributed by atoms with Crippen molar-refractivity contribution in [1.29, 1.82) is 0 Å². The molecule has 2 heteroatoms. The molecule has 0 aliphatic heterocycles. The van der Waals surface area contributed by atoms with Gasteiger partial charge in [0.05, 0.1) is 6.04 Å². The van der Waals surface area contributed by atoms with E-state index in [9.17, 15) is 0 Å². The molecule has 0 aromatic heterocycles. The van der Waals surface area contributed by atoms with Gasteiger partial charge in [0.15, 0.2) is 0 Å². The third-order valence-electron chi connectivity index (χ3n) is 1.17. The maximum atomic E-state index is 8.86. The van der Waals surface area contributed by atoms with Gasteiger partial charge >= 0.3 is 0 Å². The van der Waals surface area contributed by atoms with Gasteiger partial charge in [-0.25, -0.2) is 0 Å². The van der Waals surface area contributed by atoms with E-state index in [0.717, 1.165) is 6.42 Å². The van der Waals surface area contributed by atoms with Gasteiger partial charge in [0.2, 0.25) is 0 Å². The van der Waals surface area contributed by atoms with Crippen LogP contribution < -0.4 is 5.73 Å². The topological polar surface area (TPSA) is 46.2 Å². The second-order valence-electron chi connectivity index (χ2n) is 1.86. The molecular formula is C6H9NO. The van der Waals surface area contributed by atoms with Gasteiger partial charge in [-0.3, -0.25) is 0 Å². The minimum absolute atomic E-state index is 0.167. The molecule has 44 valence electrons. The Morgan fingerprint density at radius 2 is 2.50 bits per heavy atom. The standard InChI is InChI=1S/C6H9NO/c7-5-3-1-2-4-6(5)8/h1-2,4-5,8H,3,7H2. The predicted molar refractivity (Wildman–Crippen MR) is 32.4 cm³/mol. The lowest BCUT2D eigenvalue weighted by atomic mass is 10.1. The molecule has 0 amide bonds. The number of aliphatic hydroxyl groups is 1. The molecule has 0 spiro atoms. The zero-order valence-corrected chi connectivity index (χ0v) is 4.54. The molecule has 0 aromatic carbocycles. The zero-order chi connectivity index (χ0) is 5.98. The number of rotatable bonds is 0. The van der Waals surface area contributed by atoms with Gasteiger partial charge in [0.25, 0.3) is 0 Å². The third-order valence-corrected chi connectivity index (χ3v) is 1.17. The summed E-state index contributed by atoms with van der Waals surface area (Å²) in [6, 6.07) is -0.167. The number of allylic oxidation sites excluding steroid dienone is 2. The Hall–Kier alpha value is -0.760. The van der Waals surface area contributed by atoms with Gasteiger partial charge in [-0.1, -0.05) is 12.2 Å². The predicted octanol–water partition coefficient (Wildman–Crippen LogP) is 0.716. The van der Waals surface area contributed by atoms with E-state index < -0.39 is 0 Å². The van der Waals surface area contributed by atoms with E-state index in [1.165, 1.54) is 0 Å². The van der Waals surface area contributed by atoms with Gasteiger partial charge in [-0.2, -0.15) is 0 Å². The highest BCUT2D eigenvalue weighted by atomic mass is 16.3. The van der Waals surface area contributed by atoms with Crippen LogP contribution in [0.2, 0.25) is 0 Å². The maximum absolute atomic E-state index is 8.86. The molecule has 1 atom stereocenters. The van der Waals surface area contributed by atoms with Crippen molar-refractivity contribution in [3.63, 3.8) is 0 Å². The Morgan fingerprint density at radius 3 is 2.88 bits per heavy atom. The van der Waals surface area contributed by atoms with Gasteiger partial charge in [-0.05, 0) is 12.5 Å². The molecule has 0 bridgehead atoms. The van der Waals surface area contributed by atoms with Crippen molar-refractivity contribution in [1.82, 2.24) is 0 Å². The van der Waals surface area contributed by atoms with E-state index in [0.29, 0.717) is 0 Å². The third kappa shape index (κ3) is 0.898. The molecule has 1 aliphatic carbocycles. The second-order valence-corrected chi connectivity index (χ2v) is 1.86. The lowest BCUT2D eigenvalue weighted by molar-refractivity contribution is 0.365. The van der Waals surface area contributed by atoms with E-state index in [1.54, 1.807) is 12.2 Å². The average Bonchev–Trinajstić information content (AvgIpc) is 1.77. The molecule has 3 N–H and O–H groups in total. The Labute approximate surface area is 48.3 Å². The minimum atomic E-state index is -0.167. The smallest absolute Gasteiger partial charge is 0.109 e. The van der Waals surface area contributed by atoms with E-state index in [2.05, 4.69) is 0 Å². The number of hydrogen-bond donors (Lipinski definition) is 2. The van der Waals surface area contributed by atoms with Gasteiger partial charge < -0.3 is 10.8 Å². The molecule has 1 unspecified atom stereocenters. The zero-order valence-electron chi connectivity index (χ0n) is 4.54. The fraction of sp³-hybridized carbons (Fsp3) is 0.333. The summed E-state index contributed by atoms with van der Waals surface area (Å²) in [5.74, 6) is 0.285. The van der Waals surface area contributed by atoms with Crippen molar-refractivity contribution in [3.8, 4) is 0 Å². The van der Waals surface area contributed by atoms with Crippen LogP contribution in [0.4, 0.5) is 0 Å². The molecule has 0 saturated carbocycles. The summed E-state index contributed by atoms with van der Waals surface area (Å²) < 4.78 is 0. The number of nitrogens with two attached hydrogens (primary N) is 1. The molecule has 1 aliphatic rings. The first-order valence-electron chi connectivity index (χ1n) is 2.62. The summed E-state index contributed by atoms with van der Waals surface area (Å²) in [7, 11) is 0. The van der Waals surface area contributed by atoms with E-state index in [-0.39, 0.29) is 11.8 Å². The molecular weight excluding hydrogens is 102 g/mol. The molecule has 0 saturated heterocycles. The SMILES string of the molecule is NC1CC=CC=C1O. The van der Waals surface area contributed by atoms with Crippen LogP contribution in [-0.4, -0.2) is 11.1 Å². The average molecular weight is 111 g/mol. The molecule has 0 radical (unpaired) electrons. The van der Waals surface area contributed by atoms with Crippen LogP contribution in [0.25, 0.3) is 0 Å². The fourth-order valence-electron chi connectivity index (χ4n) is 0.636. The molecule has 0 heterocycles. The van der Waals surface area contributed by atoms with Crippen molar-refractivity contribution < 1.29 is 5.11 Å². The summed E-state index contributed by atoms with van der Waals surface area (Å²) in [6.45, 7) is 0. The highest BCUT2D eigenvalue weighted by Crippen LogP contribution is 2.06. The number of aliphatic hydroxyl groups excluding tert-OH is 1. The van der Waals surface area contributed by atoms with E-state index in [1.807, 2.05) is 6.08 Å².